The van der Waals surface area contributed by atoms with E-state index in [1.54, 1.807) is 36.4 Å². The number of ketones is 1. The number of hydrogen-bond acceptors (Lipinski definition) is 5. The maximum absolute atomic E-state index is 12.3. The Balaban J connectivity index is 1.67. The number of carbonyl (C=O) groups is 2. The lowest BCUT2D eigenvalue weighted by Crippen LogP contribution is -2.26. The van der Waals surface area contributed by atoms with Crippen molar-refractivity contribution in [3.05, 3.63) is 59.1 Å². The molecule has 0 saturated carbocycles. The van der Waals surface area contributed by atoms with E-state index in [2.05, 4.69) is 10.3 Å². The second-order valence-corrected chi connectivity index (χ2v) is 6.79. The molecule has 1 fully saturated rings. The van der Waals surface area contributed by atoms with Crippen LogP contribution in [0.3, 0.4) is 0 Å². The van der Waals surface area contributed by atoms with Gasteiger partial charge in [0.25, 0.3) is 0 Å². The predicted octanol–water partition coefficient (Wildman–Crippen LogP) is 3.54. The van der Waals surface area contributed by atoms with E-state index in [0.29, 0.717) is 21.4 Å². The quantitative estimate of drug-likeness (QED) is 0.817. The van der Waals surface area contributed by atoms with Gasteiger partial charge >= 0.3 is 0 Å². The molecule has 1 amide bonds. The van der Waals surface area contributed by atoms with Gasteiger partial charge in [0.05, 0.1) is 10.9 Å². The Morgan fingerprint density at radius 1 is 1.17 bits per heavy atom. The average molecular weight is 361 g/mol. The van der Waals surface area contributed by atoms with Gasteiger partial charge in [-0.15, -0.1) is 0 Å². The first-order valence-corrected chi connectivity index (χ1v) is 8.41. The number of phenolic OH excluding ortho intramolecular Hbond substituents is 1. The number of Topliss-reactive ketones (excluding diaryl/α,β-unsaturated/α-hetero) is 1. The van der Waals surface area contributed by atoms with Gasteiger partial charge in [0.2, 0.25) is 5.91 Å². The summed E-state index contributed by atoms with van der Waals surface area (Å²) in [6.45, 7) is 0. The van der Waals surface area contributed by atoms with E-state index in [9.17, 15) is 14.7 Å². The molecule has 0 spiro atoms. The summed E-state index contributed by atoms with van der Waals surface area (Å²) in [4.78, 5) is 28.6. The fourth-order valence-corrected chi connectivity index (χ4v) is 3.27. The standard InChI is InChI=1S/C17H13ClN2O3S/c18-11-3-1-10(2-4-11)14(22)9-15-16(23)20-17(24-15)19-12-5-7-13(21)8-6-12/h1-8,15,21H,9H2,(H,19,20,23)/t15-/m0/s1. The van der Waals surface area contributed by atoms with Crippen LogP contribution in [-0.4, -0.2) is 27.2 Å². The van der Waals surface area contributed by atoms with Gasteiger partial charge in [-0.1, -0.05) is 23.4 Å². The van der Waals surface area contributed by atoms with Crippen molar-refractivity contribution < 1.29 is 14.7 Å². The summed E-state index contributed by atoms with van der Waals surface area (Å²) in [6.07, 6.45) is 0.0900. The number of amidine groups is 1. The van der Waals surface area contributed by atoms with Crippen molar-refractivity contribution in [1.82, 2.24) is 5.32 Å². The Morgan fingerprint density at radius 3 is 2.50 bits per heavy atom. The number of rotatable bonds is 4. The molecule has 0 aromatic heterocycles. The number of amides is 1. The number of thioether (sulfide) groups is 1. The number of phenols is 1. The molecule has 0 bridgehead atoms. The number of nitrogens with one attached hydrogen (secondary N) is 1. The first-order valence-electron chi connectivity index (χ1n) is 7.15. The Hall–Kier alpha value is -2.31. The first kappa shape index (κ1) is 16.5. The fraction of sp³-hybridized carbons (Fsp3) is 0.118. The summed E-state index contributed by atoms with van der Waals surface area (Å²) in [5.41, 5.74) is 1.14. The Labute approximate surface area is 147 Å². The second-order valence-electron chi connectivity index (χ2n) is 5.16. The lowest BCUT2D eigenvalue weighted by Gasteiger charge is -2.04. The molecule has 3 rings (SSSR count). The molecule has 1 aliphatic rings. The molecule has 2 aromatic rings. The average Bonchev–Trinajstić information content (AvgIpc) is 2.89. The molecule has 2 aromatic carbocycles. The number of nitrogens with zero attached hydrogens (tertiary/aromatic N) is 1. The van der Waals surface area contributed by atoms with Gasteiger partial charge in [0.15, 0.2) is 11.0 Å². The Kier molecular flexibility index (Phi) is 4.87. The van der Waals surface area contributed by atoms with Crippen LogP contribution in [0, 0.1) is 0 Å². The van der Waals surface area contributed by atoms with E-state index in [-0.39, 0.29) is 23.9 Å². The number of aromatic hydroxyl groups is 1. The molecule has 5 nitrogen and oxygen atoms in total. The minimum Gasteiger partial charge on any atom is -0.508 e. The molecule has 0 radical (unpaired) electrons. The summed E-state index contributed by atoms with van der Waals surface area (Å²) >= 11 is 7.03. The lowest BCUT2D eigenvalue weighted by molar-refractivity contribution is -0.118. The van der Waals surface area contributed by atoms with Gasteiger partial charge < -0.3 is 10.4 Å². The largest absolute Gasteiger partial charge is 0.508 e. The molecule has 2 N–H and O–H groups in total. The minimum atomic E-state index is -0.510. The van der Waals surface area contributed by atoms with Crippen molar-refractivity contribution in [2.45, 2.75) is 11.7 Å². The first-order chi connectivity index (χ1) is 11.5. The monoisotopic (exact) mass is 360 g/mol. The van der Waals surface area contributed by atoms with Gasteiger partial charge in [0.1, 0.15) is 5.75 Å². The summed E-state index contributed by atoms with van der Waals surface area (Å²) in [7, 11) is 0. The summed E-state index contributed by atoms with van der Waals surface area (Å²) in [5, 5.41) is 12.4. The highest BCUT2D eigenvalue weighted by atomic mass is 35.5. The van der Waals surface area contributed by atoms with Crippen molar-refractivity contribution in [3.8, 4) is 5.75 Å². The summed E-state index contributed by atoms with van der Waals surface area (Å²) < 4.78 is 0. The van der Waals surface area contributed by atoms with Crippen LogP contribution in [0.5, 0.6) is 5.75 Å². The van der Waals surface area contributed by atoms with E-state index in [4.69, 9.17) is 11.6 Å². The maximum Gasteiger partial charge on any atom is 0.240 e. The number of halogens is 1. The molecule has 24 heavy (non-hydrogen) atoms. The van der Waals surface area contributed by atoms with Crippen molar-refractivity contribution in [1.29, 1.82) is 0 Å². The second kappa shape index (κ2) is 7.07. The summed E-state index contributed by atoms with van der Waals surface area (Å²) in [6, 6.07) is 12.9. The summed E-state index contributed by atoms with van der Waals surface area (Å²) in [5.74, 6) is -0.210. The topological polar surface area (TPSA) is 78.8 Å². The SMILES string of the molecule is O=C(C[C@@H]1SC(=Nc2ccc(O)cc2)NC1=O)c1ccc(Cl)cc1. The third-order valence-electron chi connectivity index (χ3n) is 3.39. The molecule has 122 valence electrons. The van der Waals surface area contributed by atoms with Crippen LogP contribution >= 0.6 is 23.4 Å². The molecule has 1 aliphatic heterocycles. The Bertz CT molecular complexity index is 804. The van der Waals surface area contributed by atoms with Crippen LogP contribution in [0.2, 0.25) is 5.02 Å². The van der Waals surface area contributed by atoms with Gasteiger partial charge in [-0.2, -0.15) is 0 Å². The van der Waals surface area contributed by atoms with Gasteiger partial charge in [-0.05, 0) is 48.5 Å². The molecule has 0 unspecified atom stereocenters. The minimum absolute atomic E-state index is 0.0900. The van der Waals surface area contributed by atoms with Crippen molar-refractivity contribution in [2.24, 2.45) is 4.99 Å². The molecule has 0 aliphatic carbocycles. The molecular weight excluding hydrogens is 348 g/mol. The van der Waals surface area contributed by atoms with Gasteiger partial charge in [-0.25, -0.2) is 4.99 Å². The zero-order chi connectivity index (χ0) is 17.1. The number of aliphatic imine (C=N–C) groups is 1. The molecule has 7 heteroatoms. The number of carbonyl (C=O) groups excluding carboxylic acids is 2. The van der Waals surface area contributed by atoms with E-state index in [1.165, 1.54) is 23.9 Å². The van der Waals surface area contributed by atoms with Crippen molar-refractivity contribution in [3.63, 3.8) is 0 Å². The van der Waals surface area contributed by atoms with Crippen LogP contribution in [-0.2, 0) is 4.79 Å². The van der Waals surface area contributed by atoms with Gasteiger partial charge in [0, 0.05) is 17.0 Å². The zero-order valence-corrected chi connectivity index (χ0v) is 14.0. The predicted molar refractivity (Wildman–Crippen MR) is 95.1 cm³/mol. The lowest BCUT2D eigenvalue weighted by atomic mass is 10.1. The molecule has 1 heterocycles. The van der Waals surface area contributed by atoms with E-state index < -0.39 is 5.25 Å². The highest BCUT2D eigenvalue weighted by Crippen LogP contribution is 2.27. The zero-order valence-electron chi connectivity index (χ0n) is 12.4. The van der Waals surface area contributed by atoms with E-state index in [1.807, 2.05) is 0 Å². The van der Waals surface area contributed by atoms with E-state index >= 15 is 0 Å². The third-order valence-corrected chi connectivity index (χ3v) is 4.73. The smallest absolute Gasteiger partial charge is 0.240 e. The van der Waals surface area contributed by atoms with Crippen LogP contribution in [0.4, 0.5) is 5.69 Å². The number of benzene rings is 2. The normalized spacial score (nSPS) is 18.6. The van der Waals surface area contributed by atoms with Crippen LogP contribution in [0.1, 0.15) is 16.8 Å². The van der Waals surface area contributed by atoms with Gasteiger partial charge in [-0.3, -0.25) is 9.59 Å². The molecular formula is C17H13ClN2O3S. The van der Waals surface area contributed by atoms with Crippen molar-refractivity contribution in [2.75, 3.05) is 0 Å². The molecule has 1 saturated heterocycles. The maximum atomic E-state index is 12.3. The third kappa shape index (κ3) is 3.96. The highest BCUT2D eigenvalue weighted by Gasteiger charge is 2.32. The molecule has 1 atom stereocenters. The highest BCUT2D eigenvalue weighted by molar-refractivity contribution is 8.15. The van der Waals surface area contributed by atoms with Crippen molar-refractivity contribution >= 4 is 45.9 Å². The Morgan fingerprint density at radius 2 is 1.83 bits per heavy atom. The van der Waals surface area contributed by atoms with E-state index in [0.717, 1.165) is 0 Å². The van der Waals surface area contributed by atoms with Crippen LogP contribution in [0.25, 0.3) is 0 Å². The van der Waals surface area contributed by atoms with Crippen LogP contribution < -0.4 is 5.32 Å². The number of hydrogen-bond donors (Lipinski definition) is 2. The van der Waals surface area contributed by atoms with Crippen LogP contribution in [0.15, 0.2) is 53.5 Å². The fourth-order valence-electron chi connectivity index (χ4n) is 2.16.